The quantitative estimate of drug-likeness (QED) is 0.859. The summed E-state index contributed by atoms with van der Waals surface area (Å²) in [4.78, 5) is 26.9. The number of anilines is 1. The Hall–Kier alpha value is -1.88. The highest BCUT2D eigenvalue weighted by Gasteiger charge is 2.24. The molecule has 2 amide bonds. The van der Waals surface area contributed by atoms with Crippen LogP contribution in [0.15, 0.2) is 18.2 Å². The number of hydrogen-bond acceptors (Lipinski definition) is 3. The molecule has 2 rings (SSSR count). The molecule has 1 aromatic carbocycles. The van der Waals surface area contributed by atoms with Gasteiger partial charge in [-0.15, -0.1) is 0 Å². The lowest BCUT2D eigenvalue weighted by Gasteiger charge is -2.33. The number of hydrogen-bond donors (Lipinski definition) is 2. The number of carbonyl (C=O) groups excluding carboxylic acids is 2. The van der Waals surface area contributed by atoms with E-state index in [2.05, 4.69) is 12.2 Å². The molecule has 0 saturated carbocycles. The molecule has 1 fully saturated rings. The number of likely N-dealkylation sites (tertiary alicyclic amines) is 1. The van der Waals surface area contributed by atoms with Crippen LogP contribution in [0.25, 0.3) is 0 Å². The van der Waals surface area contributed by atoms with Crippen LogP contribution in [0.5, 0.6) is 0 Å². The first kappa shape index (κ1) is 19.4. The lowest BCUT2D eigenvalue weighted by Crippen LogP contribution is -2.42. The van der Waals surface area contributed by atoms with E-state index in [1.807, 2.05) is 31.7 Å². The average Bonchev–Trinajstić information content (AvgIpc) is 2.55. The number of rotatable bonds is 5. The van der Waals surface area contributed by atoms with Gasteiger partial charge in [0.15, 0.2) is 0 Å². The fraction of sp³-hybridized carbons (Fsp3) is 0.600. The summed E-state index contributed by atoms with van der Waals surface area (Å²) in [5.74, 6) is 0.263. The first-order chi connectivity index (χ1) is 11.8. The van der Waals surface area contributed by atoms with Crippen LogP contribution in [0.2, 0.25) is 0 Å². The minimum Gasteiger partial charge on any atom is -0.336 e. The van der Waals surface area contributed by atoms with Crippen molar-refractivity contribution in [2.45, 2.75) is 65.5 Å². The number of piperidine rings is 1. The van der Waals surface area contributed by atoms with Crippen molar-refractivity contribution in [1.82, 2.24) is 4.90 Å². The number of amides is 2. The fourth-order valence-corrected chi connectivity index (χ4v) is 3.34. The molecule has 3 N–H and O–H groups in total. The monoisotopic (exact) mass is 345 g/mol. The summed E-state index contributed by atoms with van der Waals surface area (Å²) in [6.45, 7) is 8.91. The first-order valence-corrected chi connectivity index (χ1v) is 9.27. The maximum absolute atomic E-state index is 12.7. The normalized spacial score (nSPS) is 19.0. The van der Waals surface area contributed by atoms with Crippen molar-refractivity contribution >= 4 is 17.5 Å². The van der Waals surface area contributed by atoms with Crippen LogP contribution in [0.4, 0.5) is 5.69 Å². The van der Waals surface area contributed by atoms with Gasteiger partial charge in [-0.2, -0.15) is 0 Å². The Morgan fingerprint density at radius 3 is 2.64 bits per heavy atom. The number of aryl methyl sites for hydroxylation is 1. The molecule has 1 saturated heterocycles. The largest absolute Gasteiger partial charge is 0.336 e. The molecule has 0 aliphatic carbocycles. The van der Waals surface area contributed by atoms with E-state index in [0.29, 0.717) is 23.6 Å². The molecule has 0 spiro atoms. The Bertz CT molecular complexity index is 627. The second kappa shape index (κ2) is 8.48. The molecule has 5 heteroatoms. The molecule has 0 radical (unpaired) electrons. The number of nitrogens with two attached hydrogens (primary N) is 1. The lowest BCUT2D eigenvalue weighted by atomic mass is 10.0. The minimum absolute atomic E-state index is 0.0738. The van der Waals surface area contributed by atoms with Crippen LogP contribution in [0.3, 0.4) is 0 Å². The summed E-state index contributed by atoms with van der Waals surface area (Å²) < 4.78 is 0. The first-order valence-electron chi connectivity index (χ1n) is 9.27. The molecular formula is C20H31N3O2. The molecule has 1 heterocycles. The number of benzene rings is 1. The summed E-state index contributed by atoms with van der Waals surface area (Å²) in [5, 5.41) is 2.88. The van der Waals surface area contributed by atoms with E-state index in [4.69, 9.17) is 5.73 Å². The van der Waals surface area contributed by atoms with E-state index < -0.39 is 6.04 Å². The van der Waals surface area contributed by atoms with E-state index in [9.17, 15) is 9.59 Å². The highest BCUT2D eigenvalue weighted by molar-refractivity contribution is 5.98. The van der Waals surface area contributed by atoms with Gasteiger partial charge in [0.05, 0.1) is 6.04 Å². The minimum atomic E-state index is -0.519. The Labute approximate surface area is 151 Å². The summed E-state index contributed by atoms with van der Waals surface area (Å²) in [5.41, 5.74) is 8.20. The van der Waals surface area contributed by atoms with Gasteiger partial charge in [-0.3, -0.25) is 9.59 Å². The summed E-state index contributed by atoms with van der Waals surface area (Å²) in [6, 6.07) is 5.22. The molecule has 25 heavy (non-hydrogen) atoms. The van der Waals surface area contributed by atoms with Crippen molar-refractivity contribution in [1.29, 1.82) is 0 Å². The van der Waals surface area contributed by atoms with Gasteiger partial charge >= 0.3 is 0 Å². The number of nitrogens with one attached hydrogen (secondary N) is 1. The fourth-order valence-electron chi connectivity index (χ4n) is 3.34. The molecule has 2 atom stereocenters. The molecule has 5 nitrogen and oxygen atoms in total. The predicted molar refractivity (Wildman–Crippen MR) is 102 cm³/mol. The Kier molecular flexibility index (Phi) is 6.59. The third kappa shape index (κ3) is 5.05. The maximum Gasteiger partial charge on any atom is 0.254 e. The van der Waals surface area contributed by atoms with Crippen LogP contribution in [-0.2, 0) is 4.79 Å². The molecule has 0 aromatic heterocycles. The summed E-state index contributed by atoms with van der Waals surface area (Å²) in [7, 11) is 0. The zero-order valence-electron chi connectivity index (χ0n) is 15.8. The summed E-state index contributed by atoms with van der Waals surface area (Å²) >= 11 is 0. The van der Waals surface area contributed by atoms with Gasteiger partial charge in [-0.1, -0.05) is 13.8 Å². The molecular weight excluding hydrogens is 314 g/mol. The molecule has 0 bridgehead atoms. The Morgan fingerprint density at radius 2 is 2.04 bits per heavy atom. The van der Waals surface area contributed by atoms with Crippen LogP contribution >= 0.6 is 0 Å². The second-order valence-corrected chi connectivity index (χ2v) is 7.60. The van der Waals surface area contributed by atoms with Crippen molar-refractivity contribution in [2.75, 3.05) is 11.9 Å². The zero-order valence-corrected chi connectivity index (χ0v) is 15.8. The highest BCUT2D eigenvalue weighted by atomic mass is 16.2. The van der Waals surface area contributed by atoms with E-state index in [1.165, 1.54) is 6.42 Å². The van der Waals surface area contributed by atoms with Crippen molar-refractivity contribution < 1.29 is 9.59 Å². The SMILES string of the molecule is Cc1cc(C(=O)N2CCCCC2C)ccc1NC(=O)[C@@H](N)CC(C)C. The summed E-state index contributed by atoms with van der Waals surface area (Å²) in [6.07, 6.45) is 3.96. The van der Waals surface area contributed by atoms with Gasteiger partial charge in [0.25, 0.3) is 5.91 Å². The molecule has 1 aliphatic heterocycles. The van der Waals surface area contributed by atoms with E-state index in [0.717, 1.165) is 24.9 Å². The lowest BCUT2D eigenvalue weighted by molar-refractivity contribution is -0.117. The molecule has 138 valence electrons. The van der Waals surface area contributed by atoms with E-state index in [1.54, 1.807) is 12.1 Å². The van der Waals surface area contributed by atoms with E-state index >= 15 is 0 Å². The maximum atomic E-state index is 12.7. The zero-order chi connectivity index (χ0) is 18.6. The van der Waals surface area contributed by atoms with Crippen molar-refractivity contribution in [3.05, 3.63) is 29.3 Å². The third-order valence-corrected chi connectivity index (χ3v) is 4.86. The van der Waals surface area contributed by atoms with Gasteiger partial charge in [0, 0.05) is 23.8 Å². The molecule has 1 aliphatic rings. The molecule has 1 unspecified atom stereocenters. The second-order valence-electron chi connectivity index (χ2n) is 7.60. The Morgan fingerprint density at radius 1 is 1.32 bits per heavy atom. The number of carbonyl (C=O) groups is 2. The topological polar surface area (TPSA) is 75.4 Å². The number of nitrogens with zero attached hydrogens (tertiary/aromatic N) is 1. The molecule has 1 aromatic rings. The van der Waals surface area contributed by atoms with Crippen molar-refractivity contribution in [3.63, 3.8) is 0 Å². The van der Waals surface area contributed by atoms with Crippen LogP contribution in [0.1, 0.15) is 62.4 Å². The van der Waals surface area contributed by atoms with Crippen LogP contribution in [0, 0.1) is 12.8 Å². The highest BCUT2D eigenvalue weighted by Crippen LogP contribution is 2.22. The predicted octanol–water partition coefficient (Wildman–Crippen LogP) is 3.32. The standard InChI is InChI=1S/C20H31N3O2/c1-13(2)11-17(21)19(24)22-18-9-8-16(12-14(18)3)20(25)23-10-6-5-7-15(23)4/h8-9,12-13,15,17H,5-7,10-11,21H2,1-4H3,(H,22,24)/t15?,17-/m0/s1. The van der Waals surface area contributed by atoms with E-state index in [-0.39, 0.29) is 17.9 Å². The van der Waals surface area contributed by atoms with Gasteiger partial charge in [-0.25, -0.2) is 0 Å². The van der Waals surface area contributed by atoms with Gasteiger partial charge in [0.1, 0.15) is 0 Å². The van der Waals surface area contributed by atoms with Gasteiger partial charge in [-0.05, 0) is 69.2 Å². The Balaban J connectivity index is 2.07. The smallest absolute Gasteiger partial charge is 0.254 e. The third-order valence-electron chi connectivity index (χ3n) is 4.86. The van der Waals surface area contributed by atoms with Crippen molar-refractivity contribution in [3.8, 4) is 0 Å². The van der Waals surface area contributed by atoms with Gasteiger partial charge in [0.2, 0.25) is 5.91 Å². The van der Waals surface area contributed by atoms with Gasteiger partial charge < -0.3 is 16.0 Å². The van der Waals surface area contributed by atoms with Crippen LogP contribution < -0.4 is 11.1 Å². The van der Waals surface area contributed by atoms with Crippen LogP contribution in [-0.4, -0.2) is 35.3 Å². The van der Waals surface area contributed by atoms with Crippen molar-refractivity contribution in [2.24, 2.45) is 11.7 Å². The average molecular weight is 345 g/mol.